The van der Waals surface area contributed by atoms with E-state index in [9.17, 15) is 9.59 Å². The molecule has 5 heteroatoms. The zero-order valence-corrected chi connectivity index (χ0v) is 8.67. The third-order valence-corrected chi connectivity index (χ3v) is 1.71. The van der Waals surface area contributed by atoms with Gasteiger partial charge in [-0.1, -0.05) is 18.2 Å². The first-order valence-electron chi connectivity index (χ1n) is 4.46. The summed E-state index contributed by atoms with van der Waals surface area (Å²) >= 11 is 0. The van der Waals surface area contributed by atoms with Crippen LogP contribution in [0.25, 0.3) is 6.08 Å². The van der Waals surface area contributed by atoms with Crippen LogP contribution in [0.3, 0.4) is 0 Å². The Balaban J connectivity index is 2.91. The fraction of sp³-hybridized carbons (Fsp3) is 0.0909. The fourth-order valence-electron chi connectivity index (χ4n) is 1.01. The highest BCUT2D eigenvalue weighted by molar-refractivity contribution is 6.61. The van der Waals surface area contributed by atoms with E-state index in [4.69, 9.17) is 12.6 Å². The highest BCUT2D eigenvalue weighted by atomic mass is 16.7. The average Bonchev–Trinajstić information content (AvgIpc) is 2.27. The average molecular weight is 216 g/mol. The molecule has 0 N–H and O–H groups in total. The number of rotatable bonds is 3. The highest BCUT2D eigenvalue weighted by Crippen LogP contribution is 2.19. The Kier molecular flexibility index (Phi) is 4.33. The van der Waals surface area contributed by atoms with Crippen LogP contribution in [0.5, 0.6) is 5.75 Å². The van der Waals surface area contributed by atoms with Gasteiger partial charge < -0.3 is 14.3 Å². The van der Waals surface area contributed by atoms with Crippen molar-refractivity contribution in [3.63, 3.8) is 0 Å². The van der Waals surface area contributed by atoms with Crippen LogP contribution in [0.2, 0.25) is 0 Å². The van der Waals surface area contributed by atoms with Crippen molar-refractivity contribution in [1.29, 1.82) is 0 Å². The molecule has 0 fully saturated rings. The van der Waals surface area contributed by atoms with E-state index < -0.39 is 11.8 Å². The molecule has 0 heterocycles. The van der Waals surface area contributed by atoms with Crippen LogP contribution in [-0.4, -0.2) is 26.8 Å². The molecule has 0 spiro atoms. The molecule has 1 rings (SSSR count). The number of para-hydroxylation sites is 1. The molecular weight excluding hydrogens is 207 g/mol. The van der Waals surface area contributed by atoms with Gasteiger partial charge in [-0.25, -0.2) is 4.79 Å². The Hall–Kier alpha value is -2.04. The minimum Gasteiger partial charge on any atom is -0.437 e. The van der Waals surface area contributed by atoms with Crippen molar-refractivity contribution in [1.82, 2.24) is 0 Å². The van der Waals surface area contributed by atoms with E-state index in [2.05, 4.69) is 4.74 Å². The minimum atomic E-state index is -0.820. The Morgan fingerprint density at radius 1 is 1.31 bits per heavy atom. The molecule has 4 nitrogen and oxygen atoms in total. The summed E-state index contributed by atoms with van der Waals surface area (Å²) in [7, 11) is 6.17. The lowest BCUT2D eigenvalue weighted by atomic mass is 10.0. The summed E-state index contributed by atoms with van der Waals surface area (Å²) in [6, 6.07) is 6.69. The maximum atomic E-state index is 10.9. The molecule has 0 atom stereocenters. The second-order valence-electron chi connectivity index (χ2n) is 2.83. The third kappa shape index (κ3) is 3.61. The maximum absolute atomic E-state index is 10.9. The number of hydrogen-bond acceptors (Lipinski definition) is 4. The predicted octanol–water partition coefficient (Wildman–Crippen LogP) is 1.54. The van der Waals surface area contributed by atoms with Gasteiger partial charge in [0.1, 0.15) is 5.75 Å². The van der Waals surface area contributed by atoms with Crippen LogP contribution < -0.4 is 4.74 Å². The molecule has 2 radical (unpaired) electrons. The van der Waals surface area contributed by atoms with Crippen LogP contribution in [0.15, 0.2) is 30.3 Å². The van der Waals surface area contributed by atoms with Crippen molar-refractivity contribution in [2.45, 2.75) is 0 Å². The van der Waals surface area contributed by atoms with Gasteiger partial charge in [-0.05, 0) is 18.2 Å². The number of hydrogen-bond donors (Lipinski definition) is 0. The molecule has 0 unspecified atom stereocenters. The largest absolute Gasteiger partial charge is 0.513 e. The first-order chi connectivity index (χ1) is 7.63. The fourth-order valence-corrected chi connectivity index (χ4v) is 1.01. The smallest absolute Gasteiger partial charge is 0.437 e. The Bertz CT molecular complexity index is 426. The van der Waals surface area contributed by atoms with Crippen molar-refractivity contribution in [2.75, 3.05) is 7.11 Å². The van der Waals surface area contributed by atoms with Gasteiger partial charge >= 0.3 is 6.16 Å². The van der Waals surface area contributed by atoms with Gasteiger partial charge in [-0.3, -0.25) is 0 Å². The summed E-state index contributed by atoms with van der Waals surface area (Å²) in [5, 5.41) is 0. The van der Waals surface area contributed by atoms with Crippen LogP contribution in [-0.2, 0) is 9.53 Å². The molecule has 0 amide bonds. The SMILES string of the molecule is [B]C(=O)/C=C\c1ccccc1OC(=O)OC. The maximum Gasteiger partial charge on any atom is 0.513 e. The van der Waals surface area contributed by atoms with Gasteiger partial charge in [0.05, 0.1) is 12.8 Å². The summed E-state index contributed by atoms with van der Waals surface area (Å²) in [6.45, 7) is 0. The third-order valence-electron chi connectivity index (χ3n) is 1.71. The number of ether oxygens (including phenoxy) is 2. The lowest BCUT2D eigenvalue weighted by Crippen LogP contribution is -2.08. The predicted molar refractivity (Wildman–Crippen MR) is 59.3 cm³/mol. The summed E-state index contributed by atoms with van der Waals surface area (Å²) in [4.78, 5) is 21.5. The van der Waals surface area contributed by atoms with Crippen molar-refractivity contribution in [3.05, 3.63) is 35.9 Å². The summed E-state index contributed by atoms with van der Waals surface area (Å²) in [6.07, 6.45) is 1.82. The van der Waals surface area contributed by atoms with Crippen molar-refractivity contribution >= 4 is 25.8 Å². The quantitative estimate of drug-likeness (QED) is 0.332. The van der Waals surface area contributed by atoms with E-state index in [1.54, 1.807) is 24.3 Å². The van der Waals surface area contributed by atoms with Crippen LogP contribution in [0.4, 0.5) is 4.79 Å². The number of methoxy groups -OCH3 is 1. The van der Waals surface area contributed by atoms with Gasteiger partial charge in [0.25, 0.3) is 0 Å². The minimum absolute atomic E-state index is 0.298. The number of allylic oxidation sites excluding steroid dienone is 1. The topological polar surface area (TPSA) is 52.6 Å². The molecule has 0 saturated carbocycles. The number of carbonyl (C=O) groups is 2. The molecule has 1 aromatic carbocycles. The molecule has 16 heavy (non-hydrogen) atoms. The lowest BCUT2D eigenvalue weighted by Gasteiger charge is -2.05. The van der Waals surface area contributed by atoms with Crippen molar-refractivity contribution < 1.29 is 19.1 Å². The second-order valence-corrected chi connectivity index (χ2v) is 2.83. The molecule has 0 aliphatic rings. The lowest BCUT2D eigenvalue weighted by molar-refractivity contribution is -0.107. The van der Waals surface area contributed by atoms with E-state index in [1.165, 1.54) is 19.3 Å². The van der Waals surface area contributed by atoms with E-state index in [0.29, 0.717) is 11.3 Å². The number of benzene rings is 1. The van der Waals surface area contributed by atoms with Crippen LogP contribution >= 0.6 is 0 Å². The van der Waals surface area contributed by atoms with Crippen LogP contribution in [0, 0.1) is 0 Å². The Morgan fingerprint density at radius 3 is 2.62 bits per heavy atom. The highest BCUT2D eigenvalue weighted by Gasteiger charge is 2.06. The molecule has 80 valence electrons. The van der Waals surface area contributed by atoms with E-state index in [1.807, 2.05) is 0 Å². The zero-order valence-electron chi connectivity index (χ0n) is 8.67. The van der Waals surface area contributed by atoms with Gasteiger partial charge in [0.2, 0.25) is 0 Å². The normalized spacial score (nSPS) is 10.1. The molecule has 0 aliphatic heterocycles. The van der Waals surface area contributed by atoms with Gasteiger partial charge in [0, 0.05) is 5.56 Å². The molecular formula is C11H9BO4. The molecule has 1 aromatic rings. The van der Waals surface area contributed by atoms with Gasteiger partial charge in [-0.15, -0.1) is 0 Å². The standard InChI is InChI=1S/C11H9BO4/c1-15-11(14)16-9-5-3-2-4-8(9)6-7-10(12)13/h2-7H,1H3/b7-6-. The van der Waals surface area contributed by atoms with Crippen molar-refractivity contribution in [2.24, 2.45) is 0 Å². The van der Waals surface area contributed by atoms with Gasteiger partial charge in [0.15, 0.2) is 7.85 Å². The molecule has 0 bridgehead atoms. The molecule has 0 aromatic heterocycles. The monoisotopic (exact) mass is 216 g/mol. The molecule has 0 saturated heterocycles. The first kappa shape index (κ1) is 12.0. The summed E-state index contributed by atoms with van der Waals surface area (Å²) in [5.74, 6) is 0.298. The summed E-state index contributed by atoms with van der Waals surface area (Å²) in [5.41, 5.74) is -0.0143. The summed E-state index contributed by atoms with van der Waals surface area (Å²) < 4.78 is 9.22. The van der Waals surface area contributed by atoms with Gasteiger partial charge in [-0.2, -0.15) is 0 Å². The van der Waals surface area contributed by atoms with E-state index >= 15 is 0 Å². The number of carbonyl (C=O) groups excluding carboxylic acids is 2. The van der Waals surface area contributed by atoms with Crippen LogP contribution in [0.1, 0.15) is 5.56 Å². The Morgan fingerprint density at radius 2 is 2.00 bits per heavy atom. The zero-order chi connectivity index (χ0) is 12.0. The van der Waals surface area contributed by atoms with E-state index in [-0.39, 0.29) is 0 Å². The van der Waals surface area contributed by atoms with E-state index in [0.717, 1.165) is 0 Å². The van der Waals surface area contributed by atoms with Crippen molar-refractivity contribution in [3.8, 4) is 5.75 Å². The second kappa shape index (κ2) is 5.75. The Labute approximate surface area is 94.3 Å². The molecule has 0 aliphatic carbocycles. The first-order valence-corrected chi connectivity index (χ1v) is 4.46.